The third-order valence-corrected chi connectivity index (χ3v) is 10.4. The van der Waals surface area contributed by atoms with Crippen LogP contribution in [0.1, 0.15) is 80.6 Å². The molecule has 3 aliphatic rings. The SMILES string of the molecule is C=CCN(C(=O)C1N(CCCCCO)C(=O)[C@@H]2[C@@H](C(=O)OCC)[C@H]3CC(C)C12S3)C(C)(C)CC(C)(C)C. The van der Waals surface area contributed by atoms with Crippen LogP contribution in [0.25, 0.3) is 0 Å². The summed E-state index contributed by atoms with van der Waals surface area (Å²) in [4.78, 5) is 45.7. The molecule has 0 radical (unpaired) electrons. The largest absolute Gasteiger partial charge is 0.466 e. The van der Waals surface area contributed by atoms with Crippen molar-refractivity contribution in [2.24, 2.45) is 23.2 Å². The van der Waals surface area contributed by atoms with Gasteiger partial charge < -0.3 is 19.6 Å². The molecule has 3 saturated heterocycles. The van der Waals surface area contributed by atoms with Gasteiger partial charge in [0.15, 0.2) is 0 Å². The van der Waals surface area contributed by atoms with E-state index < -0.39 is 28.2 Å². The minimum atomic E-state index is -0.648. The van der Waals surface area contributed by atoms with Crippen molar-refractivity contribution in [2.75, 3.05) is 26.3 Å². The van der Waals surface area contributed by atoms with Crippen LogP contribution in [0.2, 0.25) is 0 Å². The minimum Gasteiger partial charge on any atom is -0.466 e. The van der Waals surface area contributed by atoms with Crippen LogP contribution >= 0.6 is 11.8 Å². The number of ether oxygens (including phenoxy) is 1. The highest BCUT2D eigenvalue weighted by atomic mass is 32.2. The summed E-state index contributed by atoms with van der Waals surface area (Å²) in [6.07, 6.45) is 5.51. The zero-order valence-corrected chi connectivity index (χ0v) is 24.7. The monoisotopic (exact) mass is 536 g/mol. The van der Waals surface area contributed by atoms with Gasteiger partial charge in [0, 0.05) is 30.5 Å². The summed E-state index contributed by atoms with van der Waals surface area (Å²) in [7, 11) is 0. The summed E-state index contributed by atoms with van der Waals surface area (Å²) >= 11 is 1.69. The Bertz CT molecular complexity index is 884. The molecule has 2 bridgehead atoms. The van der Waals surface area contributed by atoms with E-state index in [9.17, 15) is 19.5 Å². The zero-order chi connectivity index (χ0) is 27.8. The summed E-state index contributed by atoms with van der Waals surface area (Å²) in [5.41, 5.74) is -0.447. The Morgan fingerprint density at radius 3 is 2.49 bits per heavy atom. The van der Waals surface area contributed by atoms with Gasteiger partial charge in [-0.05, 0) is 64.2 Å². The third kappa shape index (κ3) is 5.47. The van der Waals surface area contributed by atoms with Crippen LogP contribution in [0.4, 0.5) is 0 Å². The Balaban J connectivity index is 2.07. The van der Waals surface area contributed by atoms with Gasteiger partial charge >= 0.3 is 5.97 Å². The number of rotatable bonds is 12. The van der Waals surface area contributed by atoms with Gasteiger partial charge in [-0.3, -0.25) is 14.4 Å². The molecule has 0 aromatic heterocycles. The van der Waals surface area contributed by atoms with Gasteiger partial charge in [0.25, 0.3) is 0 Å². The van der Waals surface area contributed by atoms with Crippen LogP contribution in [-0.2, 0) is 19.1 Å². The molecule has 3 fully saturated rings. The first-order chi connectivity index (χ1) is 17.3. The van der Waals surface area contributed by atoms with Crippen molar-refractivity contribution in [1.29, 1.82) is 0 Å². The minimum absolute atomic E-state index is 0.00234. The Hall–Kier alpha value is -1.54. The molecule has 2 amide bonds. The number of hydrogen-bond donors (Lipinski definition) is 1. The fraction of sp³-hybridized carbons (Fsp3) is 0.828. The molecule has 210 valence electrons. The maximum absolute atomic E-state index is 14.7. The number of unbranched alkanes of at least 4 members (excludes halogenated alkanes) is 2. The number of fused-ring (bicyclic) bond motifs is 1. The van der Waals surface area contributed by atoms with Gasteiger partial charge in [-0.2, -0.15) is 0 Å². The third-order valence-electron chi connectivity index (χ3n) is 8.37. The van der Waals surface area contributed by atoms with Crippen LogP contribution in [0.5, 0.6) is 0 Å². The zero-order valence-electron chi connectivity index (χ0n) is 23.9. The molecular weight excluding hydrogens is 488 g/mol. The van der Waals surface area contributed by atoms with Crippen LogP contribution in [0, 0.1) is 23.2 Å². The van der Waals surface area contributed by atoms with E-state index in [-0.39, 0.29) is 47.6 Å². The number of aliphatic hydroxyl groups is 1. The number of esters is 1. The van der Waals surface area contributed by atoms with Crippen molar-refractivity contribution >= 4 is 29.5 Å². The van der Waals surface area contributed by atoms with Crippen molar-refractivity contribution in [3.8, 4) is 0 Å². The second kappa shape index (κ2) is 11.3. The molecule has 3 unspecified atom stereocenters. The number of carbonyl (C=O) groups excluding carboxylic acids is 3. The summed E-state index contributed by atoms with van der Waals surface area (Å²) in [5.74, 6) is -1.38. The average molecular weight is 537 g/mol. The van der Waals surface area contributed by atoms with E-state index in [2.05, 4.69) is 48.1 Å². The van der Waals surface area contributed by atoms with E-state index in [1.165, 1.54) is 0 Å². The van der Waals surface area contributed by atoms with Crippen LogP contribution in [0.3, 0.4) is 0 Å². The standard InChI is InChI=1S/C29H48N2O5S/c1-9-14-31(28(7,8)18-27(4,5)6)25(34)23-29-19(3)17-20(37-29)21(26(35)36-10-2)22(29)24(33)30(23)15-12-11-13-16-32/h9,19-23,32H,1,10-18H2,2-8H3/t19?,20-,21+,22+,23?,29?/m1/s1. The van der Waals surface area contributed by atoms with Crippen molar-refractivity contribution in [1.82, 2.24) is 9.80 Å². The number of nitrogens with zero attached hydrogens (tertiary/aromatic N) is 2. The Kier molecular flexibility index (Phi) is 9.16. The fourth-order valence-electron chi connectivity index (χ4n) is 7.42. The van der Waals surface area contributed by atoms with Crippen molar-refractivity contribution in [3.63, 3.8) is 0 Å². The number of carbonyl (C=O) groups is 3. The maximum Gasteiger partial charge on any atom is 0.310 e. The molecule has 0 saturated carbocycles. The van der Waals surface area contributed by atoms with Gasteiger partial charge in [0.05, 0.1) is 23.2 Å². The quantitative estimate of drug-likeness (QED) is 0.228. The molecule has 3 heterocycles. The molecule has 3 aliphatic heterocycles. The molecule has 6 atom stereocenters. The van der Waals surface area contributed by atoms with Crippen LogP contribution in [-0.4, -0.2) is 80.6 Å². The smallest absolute Gasteiger partial charge is 0.310 e. The number of hydrogen-bond acceptors (Lipinski definition) is 6. The second-order valence-electron chi connectivity index (χ2n) is 12.9. The molecule has 37 heavy (non-hydrogen) atoms. The van der Waals surface area contributed by atoms with Gasteiger partial charge in [-0.15, -0.1) is 18.3 Å². The molecule has 8 heteroatoms. The fourth-order valence-corrected chi connectivity index (χ4v) is 9.83. The van der Waals surface area contributed by atoms with Crippen molar-refractivity contribution in [2.45, 2.75) is 102 Å². The maximum atomic E-state index is 14.7. The van der Waals surface area contributed by atoms with Crippen LogP contribution < -0.4 is 0 Å². The Labute approximate surface area is 227 Å². The highest BCUT2D eigenvalue weighted by molar-refractivity contribution is 8.02. The van der Waals surface area contributed by atoms with Gasteiger partial charge in [-0.1, -0.05) is 33.8 Å². The Morgan fingerprint density at radius 1 is 1.24 bits per heavy atom. The van der Waals surface area contributed by atoms with Crippen LogP contribution in [0.15, 0.2) is 12.7 Å². The topological polar surface area (TPSA) is 87.2 Å². The second-order valence-corrected chi connectivity index (χ2v) is 14.5. The highest BCUT2D eigenvalue weighted by Gasteiger charge is 2.76. The lowest BCUT2D eigenvalue weighted by molar-refractivity contribution is -0.154. The number of aliphatic hydroxyl groups excluding tert-OH is 1. The van der Waals surface area contributed by atoms with E-state index in [0.29, 0.717) is 25.9 Å². The molecular formula is C29H48N2O5S. The van der Waals surface area contributed by atoms with E-state index in [1.807, 2.05) is 4.90 Å². The predicted octanol–water partition coefficient (Wildman–Crippen LogP) is 4.28. The molecule has 1 spiro atoms. The molecule has 0 aliphatic carbocycles. The average Bonchev–Trinajstić information content (AvgIpc) is 3.37. The van der Waals surface area contributed by atoms with Crippen molar-refractivity contribution in [3.05, 3.63) is 12.7 Å². The van der Waals surface area contributed by atoms with Gasteiger partial charge in [0.1, 0.15) is 6.04 Å². The lowest BCUT2D eigenvalue weighted by Gasteiger charge is -2.46. The first-order valence-corrected chi connectivity index (χ1v) is 14.8. The molecule has 3 rings (SSSR count). The Morgan fingerprint density at radius 2 is 1.92 bits per heavy atom. The molecule has 1 N–H and O–H groups in total. The van der Waals surface area contributed by atoms with Crippen molar-refractivity contribution < 1.29 is 24.2 Å². The lowest BCUT2D eigenvalue weighted by Crippen LogP contribution is -2.61. The van der Waals surface area contributed by atoms with E-state index in [0.717, 1.165) is 19.3 Å². The predicted molar refractivity (Wildman–Crippen MR) is 148 cm³/mol. The number of amides is 2. The molecule has 0 aromatic rings. The van der Waals surface area contributed by atoms with E-state index >= 15 is 0 Å². The lowest BCUT2D eigenvalue weighted by atomic mass is 9.66. The number of thioether (sulfide) groups is 1. The molecule has 0 aromatic carbocycles. The molecule has 7 nitrogen and oxygen atoms in total. The number of likely N-dealkylation sites (tertiary alicyclic amines) is 1. The van der Waals surface area contributed by atoms with E-state index in [1.54, 1.807) is 29.7 Å². The summed E-state index contributed by atoms with van der Waals surface area (Å²) in [5, 5.41) is 9.25. The normalized spacial score (nSPS) is 31.0. The summed E-state index contributed by atoms with van der Waals surface area (Å²) < 4.78 is 4.80. The first kappa shape index (κ1) is 30.0. The first-order valence-electron chi connectivity index (χ1n) is 13.9. The van der Waals surface area contributed by atoms with E-state index in [4.69, 9.17) is 4.74 Å². The summed E-state index contributed by atoms with van der Waals surface area (Å²) in [6, 6.07) is -0.636. The summed E-state index contributed by atoms with van der Waals surface area (Å²) in [6.45, 7) is 19.8. The highest BCUT2D eigenvalue weighted by Crippen LogP contribution is 2.69. The van der Waals surface area contributed by atoms with Gasteiger partial charge in [0.2, 0.25) is 11.8 Å². The van der Waals surface area contributed by atoms with Gasteiger partial charge in [-0.25, -0.2) is 0 Å².